The molecule has 0 spiro atoms. The van der Waals surface area contributed by atoms with Crippen LogP contribution >= 0.6 is 0 Å². The molecule has 0 radical (unpaired) electrons. The maximum Gasteiger partial charge on any atom is 0.320 e. The van der Waals surface area contributed by atoms with Crippen LogP contribution < -0.4 is 5.73 Å². The Kier molecular flexibility index (Phi) is 3.41. The second-order valence-corrected chi connectivity index (χ2v) is 6.51. The molecule has 4 N–H and O–H groups in total. The number of nitrogens with two attached hydrogens (primary N) is 1. The van der Waals surface area contributed by atoms with E-state index in [4.69, 9.17) is 10.8 Å². The molecule has 1 aliphatic carbocycles. The number of Topliss-reactive ketones (excluding diaryl/α,β-unsaturated/α-hetero) is 1. The van der Waals surface area contributed by atoms with Crippen LogP contribution in [0.3, 0.4) is 0 Å². The smallest absolute Gasteiger partial charge is 0.320 e. The van der Waals surface area contributed by atoms with Crippen LogP contribution in [-0.4, -0.2) is 40.6 Å². The van der Waals surface area contributed by atoms with Crippen LogP contribution in [0.4, 0.5) is 0 Å². The van der Waals surface area contributed by atoms with E-state index in [0.29, 0.717) is 5.56 Å². The lowest BCUT2D eigenvalue weighted by Crippen LogP contribution is -2.50. The molecular formula is C12H13NO6S. The summed E-state index contributed by atoms with van der Waals surface area (Å²) in [6.45, 7) is 0. The zero-order chi connectivity index (χ0) is 15.1. The zero-order valence-electron chi connectivity index (χ0n) is 10.3. The first kappa shape index (κ1) is 14.6. The van der Waals surface area contributed by atoms with E-state index in [9.17, 15) is 22.6 Å². The highest BCUT2D eigenvalue weighted by atomic mass is 32.2. The number of benzene rings is 1. The Hall–Kier alpha value is -1.77. The third-order valence-corrected chi connectivity index (χ3v) is 5.00. The normalized spacial score (nSPS) is 23.4. The molecule has 2 rings (SSSR count). The van der Waals surface area contributed by atoms with Gasteiger partial charge in [0, 0.05) is 18.4 Å². The Morgan fingerprint density at radius 3 is 2.50 bits per heavy atom. The maximum absolute atomic E-state index is 12.3. The summed E-state index contributed by atoms with van der Waals surface area (Å²) in [5.74, 6) is -2.25. The van der Waals surface area contributed by atoms with E-state index in [2.05, 4.69) is 0 Å². The molecular weight excluding hydrogens is 286 g/mol. The summed E-state index contributed by atoms with van der Waals surface area (Å²) in [6.07, 6.45) is -0.948. The third-order valence-electron chi connectivity index (χ3n) is 3.51. The number of hydrogen-bond acceptors (Lipinski definition) is 5. The van der Waals surface area contributed by atoms with E-state index in [-0.39, 0.29) is 12.0 Å². The van der Waals surface area contributed by atoms with E-state index in [1.54, 1.807) is 18.2 Å². The summed E-state index contributed by atoms with van der Waals surface area (Å²) in [6, 6.07) is 4.64. The van der Waals surface area contributed by atoms with Crippen LogP contribution in [0.25, 0.3) is 0 Å². The molecule has 8 heteroatoms. The molecule has 0 saturated heterocycles. The Bertz CT molecular complexity index is 683. The minimum atomic E-state index is -4.80. The maximum atomic E-state index is 12.3. The first-order chi connectivity index (χ1) is 9.19. The van der Waals surface area contributed by atoms with Gasteiger partial charge in [0.05, 0.1) is 0 Å². The van der Waals surface area contributed by atoms with Gasteiger partial charge in [-0.05, 0) is 5.56 Å². The number of carbonyl (C=O) groups is 2. The number of rotatable bonds is 4. The van der Waals surface area contributed by atoms with Gasteiger partial charge in [0.1, 0.15) is 6.04 Å². The second kappa shape index (κ2) is 4.65. The van der Waals surface area contributed by atoms with Gasteiger partial charge >= 0.3 is 5.97 Å². The van der Waals surface area contributed by atoms with Gasteiger partial charge in [0.2, 0.25) is 0 Å². The Morgan fingerprint density at radius 2 is 2.00 bits per heavy atom. The number of hydrogen-bond donors (Lipinski definition) is 3. The Labute approximate surface area is 115 Å². The lowest BCUT2D eigenvalue weighted by Gasteiger charge is -2.25. The van der Waals surface area contributed by atoms with Crippen molar-refractivity contribution in [1.82, 2.24) is 0 Å². The van der Waals surface area contributed by atoms with E-state index in [1.807, 2.05) is 0 Å². The van der Waals surface area contributed by atoms with Gasteiger partial charge in [-0.25, -0.2) is 0 Å². The van der Waals surface area contributed by atoms with Crippen molar-refractivity contribution < 1.29 is 27.7 Å². The summed E-state index contributed by atoms with van der Waals surface area (Å²) in [5, 5.41) is 8.81. The number of ketones is 1. The molecule has 0 aliphatic heterocycles. The summed E-state index contributed by atoms with van der Waals surface area (Å²) < 4.78 is 30.6. The van der Waals surface area contributed by atoms with Gasteiger partial charge in [-0.3, -0.25) is 14.1 Å². The molecule has 0 bridgehead atoms. The van der Waals surface area contributed by atoms with Gasteiger partial charge in [0.25, 0.3) is 10.1 Å². The first-order valence-electron chi connectivity index (χ1n) is 5.77. The average molecular weight is 299 g/mol. The molecule has 0 fully saturated rings. The first-order valence-corrected chi connectivity index (χ1v) is 7.21. The highest BCUT2D eigenvalue weighted by molar-refractivity contribution is 7.88. The van der Waals surface area contributed by atoms with Crippen LogP contribution in [0, 0.1) is 0 Å². The van der Waals surface area contributed by atoms with Gasteiger partial charge in [-0.1, -0.05) is 24.3 Å². The minimum absolute atomic E-state index is 0.169. The molecule has 0 heterocycles. The highest BCUT2D eigenvalue weighted by Crippen LogP contribution is 2.38. The largest absolute Gasteiger partial charge is 0.480 e. The van der Waals surface area contributed by atoms with Crippen molar-refractivity contribution >= 4 is 21.9 Å². The van der Waals surface area contributed by atoms with Crippen LogP contribution in [0.15, 0.2) is 24.3 Å². The fourth-order valence-corrected chi connectivity index (χ4v) is 3.52. The van der Waals surface area contributed by atoms with Crippen LogP contribution in [0.5, 0.6) is 0 Å². The van der Waals surface area contributed by atoms with Crippen molar-refractivity contribution in [1.29, 1.82) is 0 Å². The van der Waals surface area contributed by atoms with Crippen molar-refractivity contribution in [2.45, 2.75) is 23.6 Å². The predicted octanol–water partition coefficient (Wildman–Crippen LogP) is -0.146. The van der Waals surface area contributed by atoms with E-state index >= 15 is 0 Å². The van der Waals surface area contributed by atoms with Crippen molar-refractivity contribution in [3.8, 4) is 0 Å². The monoisotopic (exact) mass is 299 g/mol. The number of carboxylic acid groups (broad SMARTS) is 1. The highest BCUT2D eigenvalue weighted by Gasteiger charge is 2.56. The zero-order valence-corrected chi connectivity index (χ0v) is 11.1. The van der Waals surface area contributed by atoms with Gasteiger partial charge in [-0.2, -0.15) is 8.42 Å². The van der Waals surface area contributed by atoms with Crippen LogP contribution in [0.1, 0.15) is 22.3 Å². The number of carboxylic acids is 1. The number of carbonyl (C=O) groups excluding carboxylic acids is 1. The molecule has 0 amide bonds. The van der Waals surface area contributed by atoms with Gasteiger partial charge in [-0.15, -0.1) is 0 Å². The van der Waals surface area contributed by atoms with Gasteiger partial charge in [0.15, 0.2) is 10.5 Å². The molecule has 2 atom stereocenters. The standard InChI is InChI=1S/C12H13NO6S/c13-9(11(15)16)6-12(20(17,18)19)5-7-3-1-2-4-8(7)10(12)14/h1-4,9H,5-6,13H2,(H,15,16)(H,17,18,19). The quantitative estimate of drug-likeness (QED) is 0.658. The SMILES string of the molecule is NC(CC1(S(=O)(=O)O)Cc2ccccc2C1=O)C(=O)O. The Morgan fingerprint density at radius 1 is 1.40 bits per heavy atom. The molecule has 7 nitrogen and oxygen atoms in total. The Balaban J connectivity index is 2.53. The summed E-state index contributed by atoms with van der Waals surface area (Å²) >= 11 is 0. The molecule has 0 aromatic heterocycles. The fraction of sp³-hybridized carbons (Fsp3) is 0.333. The van der Waals surface area contributed by atoms with E-state index < -0.39 is 39.1 Å². The second-order valence-electron chi connectivity index (χ2n) is 4.78. The van der Waals surface area contributed by atoms with Crippen LogP contribution in [0.2, 0.25) is 0 Å². The molecule has 2 unspecified atom stereocenters. The van der Waals surface area contributed by atoms with Crippen molar-refractivity contribution in [3.05, 3.63) is 35.4 Å². The molecule has 1 aliphatic rings. The third kappa shape index (κ3) is 2.11. The summed E-state index contributed by atoms with van der Waals surface area (Å²) in [7, 11) is -4.80. The molecule has 1 aromatic carbocycles. The molecule has 20 heavy (non-hydrogen) atoms. The van der Waals surface area contributed by atoms with Gasteiger partial charge < -0.3 is 10.8 Å². The van der Waals surface area contributed by atoms with E-state index in [1.165, 1.54) is 6.07 Å². The number of aliphatic carboxylic acids is 1. The topological polar surface area (TPSA) is 135 Å². The molecule has 0 saturated carbocycles. The van der Waals surface area contributed by atoms with Crippen molar-refractivity contribution in [2.75, 3.05) is 0 Å². The summed E-state index contributed by atoms with van der Waals surface area (Å²) in [4.78, 5) is 23.2. The molecule has 1 aromatic rings. The lowest BCUT2D eigenvalue weighted by molar-refractivity contribution is -0.138. The van der Waals surface area contributed by atoms with Crippen molar-refractivity contribution in [3.63, 3.8) is 0 Å². The molecule has 108 valence electrons. The predicted molar refractivity (Wildman–Crippen MR) is 69.0 cm³/mol. The number of fused-ring (bicyclic) bond motifs is 1. The lowest BCUT2D eigenvalue weighted by atomic mass is 9.95. The average Bonchev–Trinajstić information content (AvgIpc) is 2.63. The van der Waals surface area contributed by atoms with E-state index in [0.717, 1.165) is 0 Å². The van der Waals surface area contributed by atoms with Crippen LogP contribution in [-0.2, 0) is 21.3 Å². The summed E-state index contributed by atoms with van der Waals surface area (Å²) in [5.41, 5.74) is 5.97. The minimum Gasteiger partial charge on any atom is -0.480 e. The van der Waals surface area contributed by atoms with Crippen molar-refractivity contribution in [2.24, 2.45) is 5.73 Å². The fourth-order valence-electron chi connectivity index (χ4n) is 2.45.